The number of hydrogen-bond acceptors (Lipinski definition) is 3. The lowest BCUT2D eigenvalue weighted by Gasteiger charge is -2.40. The summed E-state index contributed by atoms with van der Waals surface area (Å²) in [5, 5.41) is 9.32. The zero-order valence-electron chi connectivity index (χ0n) is 9.49. The fourth-order valence-electron chi connectivity index (χ4n) is 1.92. The molecule has 1 aromatic rings. The van der Waals surface area contributed by atoms with Crippen molar-refractivity contribution in [3.05, 3.63) is 27.1 Å². The first-order valence-electron chi connectivity index (χ1n) is 5.48. The van der Waals surface area contributed by atoms with Crippen molar-refractivity contribution in [3.8, 4) is 0 Å². The molecule has 7 heteroatoms. The van der Waals surface area contributed by atoms with Crippen molar-refractivity contribution in [2.75, 3.05) is 6.61 Å². The molecule has 100 valence electrons. The third-order valence-electron chi connectivity index (χ3n) is 3.15. The van der Waals surface area contributed by atoms with Gasteiger partial charge in [0, 0.05) is 8.95 Å². The molecule has 4 nitrogen and oxygen atoms in total. The van der Waals surface area contributed by atoms with Gasteiger partial charge in [0.15, 0.2) is 0 Å². The number of halogens is 2. The number of hydrogen-bond donors (Lipinski definition) is 2. The second-order valence-electron chi connectivity index (χ2n) is 4.47. The van der Waals surface area contributed by atoms with E-state index < -0.39 is 15.6 Å². The van der Waals surface area contributed by atoms with Crippen molar-refractivity contribution in [2.24, 2.45) is 0 Å². The van der Waals surface area contributed by atoms with Crippen molar-refractivity contribution >= 4 is 41.9 Å². The van der Waals surface area contributed by atoms with Crippen LogP contribution < -0.4 is 4.72 Å². The molecule has 0 spiro atoms. The molecule has 1 fully saturated rings. The minimum absolute atomic E-state index is 0.169. The smallest absolute Gasteiger partial charge is 0.242 e. The highest BCUT2D eigenvalue weighted by Crippen LogP contribution is 2.34. The average Bonchev–Trinajstić information content (AvgIpc) is 2.27. The highest BCUT2D eigenvalue weighted by atomic mass is 79.9. The topological polar surface area (TPSA) is 66.4 Å². The standard InChI is InChI=1S/C11H13Br2NO3S/c12-8-2-3-9(13)10(6-8)18(16,17)14-11(7-15)4-1-5-11/h2-3,6,14-15H,1,4-5,7H2. The number of rotatable bonds is 4. The molecule has 0 unspecified atom stereocenters. The van der Waals surface area contributed by atoms with Crippen molar-refractivity contribution in [3.63, 3.8) is 0 Å². The molecule has 2 N–H and O–H groups in total. The summed E-state index contributed by atoms with van der Waals surface area (Å²) in [6.45, 7) is -0.169. The second kappa shape index (κ2) is 5.20. The predicted octanol–water partition coefficient (Wildman–Crippen LogP) is 2.40. The quantitative estimate of drug-likeness (QED) is 0.818. The second-order valence-corrected chi connectivity index (χ2v) is 7.89. The van der Waals surface area contributed by atoms with Crippen LogP contribution in [0.3, 0.4) is 0 Å². The third-order valence-corrected chi connectivity index (χ3v) is 6.21. The highest BCUT2D eigenvalue weighted by molar-refractivity contribution is 9.11. The Hall–Kier alpha value is 0.0500. The van der Waals surface area contributed by atoms with Gasteiger partial charge >= 0.3 is 0 Å². The Kier molecular flexibility index (Phi) is 4.18. The molecule has 0 aliphatic heterocycles. The monoisotopic (exact) mass is 397 g/mol. The molecule has 1 aromatic carbocycles. The minimum atomic E-state index is -3.63. The summed E-state index contributed by atoms with van der Waals surface area (Å²) in [7, 11) is -3.63. The van der Waals surface area contributed by atoms with E-state index in [4.69, 9.17) is 0 Å². The maximum Gasteiger partial charge on any atom is 0.242 e. The summed E-state index contributed by atoms with van der Waals surface area (Å²) in [6.07, 6.45) is 2.28. The summed E-state index contributed by atoms with van der Waals surface area (Å²) < 4.78 is 28.4. The van der Waals surface area contributed by atoms with Crippen molar-refractivity contribution in [2.45, 2.75) is 29.7 Å². The Labute approximate surface area is 123 Å². The predicted molar refractivity (Wildman–Crippen MR) is 75.8 cm³/mol. The van der Waals surface area contributed by atoms with Crippen LogP contribution in [0.5, 0.6) is 0 Å². The molecule has 0 saturated heterocycles. The first-order chi connectivity index (χ1) is 8.38. The van der Waals surface area contributed by atoms with E-state index >= 15 is 0 Å². The Bertz CT molecular complexity index is 550. The van der Waals surface area contributed by atoms with Gasteiger partial charge in [-0.15, -0.1) is 0 Å². The highest BCUT2D eigenvalue weighted by Gasteiger charge is 2.40. The van der Waals surface area contributed by atoms with Crippen molar-refractivity contribution in [1.82, 2.24) is 4.72 Å². The van der Waals surface area contributed by atoms with E-state index in [1.165, 1.54) is 6.07 Å². The molecule has 0 atom stereocenters. The average molecular weight is 399 g/mol. The molecular weight excluding hydrogens is 386 g/mol. The maximum atomic E-state index is 12.3. The molecule has 0 amide bonds. The number of aliphatic hydroxyl groups excluding tert-OH is 1. The molecule has 1 aliphatic rings. The summed E-state index contributed by atoms with van der Waals surface area (Å²) in [6, 6.07) is 4.97. The molecule has 0 aromatic heterocycles. The van der Waals surface area contributed by atoms with Crippen LogP contribution in [0.15, 0.2) is 32.0 Å². The van der Waals surface area contributed by atoms with Crippen molar-refractivity contribution in [1.29, 1.82) is 0 Å². The lowest BCUT2D eigenvalue weighted by Crippen LogP contribution is -2.56. The Morgan fingerprint density at radius 1 is 1.33 bits per heavy atom. The molecular formula is C11H13Br2NO3S. The largest absolute Gasteiger partial charge is 0.394 e. The summed E-state index contributed by atoms with van der Waals surface area (Å²) >= 11 is 6.49. The first kappa shape index (κ1) is 14.5. The van der Waals surface area contributed by atoms with Crippen LogP contribution in [0.1, 0.15) is 19.3 Å². The molecule has 0 heterocycles. The van der Waals surface area contributed by atoms with Gasteiger partial charge in [-0.1, -0.05) is 15.9 Å². The van der Waals surface area contributed by atoms with Gasteiger partial charge in [-0.2, -0.15) is 0 Å². The lowest BCUT2D eigenvalue weighted by molar-refractivity contribution is 0.110. The third kappa shape index (κ3) is 2.80. The maximum absolute atomic E-state index is 12.3. The minimum Gasteiger partial charge on any atom is -0.394 e. The van der Waals surface area contributed by atoms with Crippen LogP contribution in [-0.4, -0.2) is 25.7 Å². The molecule has 0 bridgehead atoms. The van der Waals surface area contributed by atoms with Gasteiger partial charge in [-0.3, -0.25) is 0 Å². The van der Waals surface area contributed by atoms with E-state index in [1.54, 1.807) is 12.1 Å². The Balaban J connectivity index is 2.33. The Morgan fingerprint density at radius 2 is 2.00 bits per heavy atom. The first-order valence-corrected chi connectivity index (χ1v) is 8.55. The van der Waals surface area contributed by atoms with E-state index in [0.717, 1.165) is 6.42 Å². The number of nitrogens with one attached hydrogen (secondary N) is 1. The van der Waals surface area contributed by atoms with Gasteiger partial charge in [0.2, 0.25) is 10.0 Å². The van der Waals surface area contributed by atoms with Crippen LogP contribution >= 0.6 is 31.9 Å². The molecule has 2 rings (SSSR count). The van der Waals surface area contributed by atoms with Crippen LogP contribution in [0.4, 0.5) is 0 Å². The van der Waals surface area contributed by atoms with Gasteiger partial charge in [0.1, 0.15) is 0 Å². The zero-order chi connectivity index (χ0) is 13.4. The SMILES string of the molecule is O=S(=O)(NC1(CO)CCC1)c1cc(Br)ccc1Br. The molecule has 0 radical (unpaired) electrons. The summed E-state index contributed by atoms with van der Waals surface area (Å²) in [5.41, 5.74) is -0.680. The zero-order valence-corrected chi connectivity index (χ0v) is 13.5. The molecule has 1 aliphatic carbocycles. The van der Waals surface area contributed by atoms with E-state index in [9.17, 15) is 13.5 Å². The van der Waals surface area contributed by atoms with Crippen molar-refractivity contribution < 1.29 is 13.5 Å². The number of benzene rings is 1. The van der Waals surface area contributed by atoms with Crippen LogP contribution in [0.25, 0.3) is 0 Å². The van der Waals surface area contributed by atoms with E-state index in [-0.39, 0.29) is 11.5 Å². The lowest BCUT2D eigenvalue weighted by atomic mass is 9.78. The van der Waals surface area contributed by atoms with E-state index in [0.29, 0.717) is 21.8 Å². The van der Waals surface area contributed by atoms with Gasteiger partial charge < -0.3 is 5.11 Å². The number of aliphatic hydroxyl groups is 1. The summed E-state index contributed by atoms with van der Waals surface area (Å²) in [5.74, 6) is 0. The van der Waals surface area contributed by atoms with Gasteiger partial charge in [0.25, 0.3) is 0 Å². The van der Waals surface area contributed by atoms with Gasteiger partial charge in [-0.05, 0) is 53.4 Å². The fraction of sp³-hybridized carbons (Fsp3) is 0.455. The summed E-state index contributed by atoms with van der Waals surface area (Å²) in [4.78, 5) is 0.177. The van der Waals surface area contributed by atoms with Crippen LogP contribution in [0.2, 0.25) is 0 Å². The van der Waals surface area contributed by atoms with E-state index in [1.807, 2.05) is 0 Å². The Morgan fingerprint density at radius 3 is 2.50 bits per heavy atom. The van der Waals surface area contributed by atoms with Crippen LogP contribution in [0, 0.1) is 0 Å². The van der Waals surface area contributed by atoms with Gasteiger partial charge in [-0.25, -0.2) is 13.1 Å². The normalized spacial score (nSPS) is 18.4. The van der Waals surface area contributed by atoms with E-state index in [2.05, 4.69) is 36.6 Å². The molecule has 1 saturated carbocycles. The van der Waals surface area contributed by atoms with Gasteiger partial charge in [0.05, 0.1) is 17.0 Å². The molecule has 18 heavy (non-hydrogen) atoms. The van der Waals surface area contributed by atoms with Crippen LogP contribution in [-0.2, 0) is 10.0 Å². The number of sulfonamides is 1. The fourth-order valence-corrected chi connectivity index (χ4v) is 4.87.